The first-order valence-electron chi connectivity index (χ1n) is 6.44. The van der Waals surface area contributed by atoms with Crippen LogP contribution in [0, 0.1) is 6.92 Å². The van der Waals surface area contributed by atoms with Crippen molar-refractivity contribution in [3.8, 4) is 11.5 Å². The average Bonchev–Trinajstić information content (AvgIpc) is 2.46. The molecule has 4 nitrogen and oxygen atoms in total. The first-order valence-corrected chi connectivity index (χ1v) is 6.44. The third kappa shape index (κ3) is 4.65. The van der Waals surface area contributed by atoms with Gasteiger partial charge in [0.25, 0.3) is 0 Å². The van der Waals surface area contributed by atoms with Crippen LogP contribution in [-0.4, -0.2) is 19.2 Å². The summed E-state index contributed by atoms with van der Waals surface area (Å²) in [6.45, 7) is 2.80. The Morgan fingerprint density at radius 2 is 1.70 bits per heavy atom. The number of para-hydroxylation sites is 1. The van der Waals surface area contributed by atoms with Gasteiger partial charge in [-0.15, -0.1) is 0 Å². The molecule has 20 heavy (non-hydrogen) atoms. The minimum absolute atomic E-state index is 0.388. The normalized spacial score (nSPS) is 9.85. The Kier molecular flexibility index (Phi) is 5.00. The molecule has 4 heteroatoms. The summed E-state index contributed by atoms with van der Waals surface area (Å²) in [5.74, 6) is 1.30. The fraction of sp³-hybridized carbons (Fsp3) is 0.188. The molecule has 0 aliphatic carbocycles. The van der Waals surface area contributed by atoms with Crippen molar-refractivity contribution in [1.82, 2.24) is 5.32 Å². The minimum Gasteiger partial charge on any atom is -0.492 e. The average molecular weight is 271 g/mol. The number of rotatable bonds is 5. The summed E-state index contributed by atoms with van der Waals surface area (Å²) < 4.78 is 10.6. The van der Waals surface area contributed by atoms with Crippen LogP contribution in [0.3, 0.4) is 0 Å². The van der Waals surface area contributed by atoms with Crippen molar-refractivity contribution in [2.24, 2.45) is 0 Å². The van der Waals surface area contributed by atoms with Gasteiger partial charge in [-0.2, -0.15) is 0 Å². The zero-order valence-electron chi connectivity index (χ0n) is 11.3. The smallest absolute Gasteiger partial charge is 0.412 e. The third-order valence-electron chi connectivity index (χ3n) is 2.61. The second kappa shape index (κ2) is 7.19. The molecule has 0 fully saturated rings. The van der Waals surface area contributed by atoms with Gasteiger partial charge in [-0.25, -0.2) is 4.79 Å². The van der Waals surface area contributed by atoms with E-state index in [1.807, 2.05) is 49.4 Å². The van der Waals surface area contributed by atoms with E-state index in [1.165, 1.54) is 5.56 Å². The summed E-state index contributed by atoms with van der Waals surface area (Å²) in [6, 6.07) is 16.7. The lowest BCUT2D eigenvalue weighted by atomic mass is 10.2. The predicted octanol–water partition coefficient (Wildman–Crippen LogP) is 3.16. The highest BCUT2D eigenvalue weighted by Gasteiger charge is 2.02. The van der Waals surface area contributed by atoms with Gasteiger partial charge in [0.15, 0.2) is 0 Å². The van der Waals surface area contributed by atoms with E-state index in [1.54, 1.807) is 12.1 Å². The van der Waals surface area contributed by atoms with Gasteiger partial charge in [0, 0.05) is 0 Å². The van der Waals surface area contributed by atoms with Gasteiger partial charge in [-0.3, -0.25) is 0 Å². The van der Waals surface area contributed by atoms with E-state index in [0.29, 0.717) is 18.9 Å². The van der Waals surface area contributed by atoms with E-state index in [2.05, 4.69) is 5.32 Å². The number of nitrogens with one attached hydrogen (secondary N) is 1. The summed E-state index contributed by atoms with van der Waals surface area (Å²) in [4.78, 5) is 11.5. The first-order chi connectivity index (χ1) is 9.74. The Morgan fingerprint density at radius 3 is 2.40 bits per heavy atom. The Hall–Kier alpha value is -2.49. The van der Waals surface area contributed by atoms with E-state index in [0.717, 1.165) is 5.75 Å². The molecule has 0 heterocycles. The summed E-state index contributed by atoms with van der Waals surface area (Å²) in [5.41, 5.74) is 1.18. The van der Waals surface area contributed by atoms with Crippen LogP contribution in [0.4, 0.5) is 4.79 Å². The maximum Gasteiger partial charge on any atom is 0.412 e. The largest absolute Gasteiger partial charge is 0.492 e. The lowest BCUT2D eigenvalue weighted by Crippen LogP contribution is -2.30. The van der Waals surface area contributed by atoms with Crippen molar-refractivity contribution in [3.05, 3.63) is 60.2 Å². The molecule has 2 aromatic carbocycles. The zero-order chi connectivity index (χ0) is 14.2. The first kappa shape index (κ1) is 13.9. The van der Waals surface area contributed by atoms with Gasteiger partial charge in [-0.05, 0) is 31.2 Å². The number of hydrogen-bond acceptors (Lipinski definition) is 3. The van der Waals surface area contributed by atoms with Crippen molar-refractivity contribution in [2.75, 3.05) is 13.2 Å². The highest BCUT2D eigenvalue weighted by Crippen LogP contribution is 2.11. The fourth-order valence-corrected chi connectivity index (χ4v) is 1.59. The molecule has 0 aliphatic heterocycles. The fourth-order valence-electron chi connectivity index (χ4n) is 1.59. The van der Waals surface area contributed by atoms with Gasteiger partial charge in [-0.1, -0.05) is 35.9 Å². The van der Waals surface area contributed by atoms with Crippen molar-refractivity contribution in [2.45, 2.75) is 6.92 Å². The molecule has 0 saturated heterocycles. The maximum absolute atomic E-state index is 11.5. The highest BCUT2D eigenvalue weighted by atomic mass is 16.6. The molecule has 2 rings (SSSR count). The van der Waals surface area contributed by atoms with E-state index in [9.17, 15) is 4.79 Å². The highest BCUT2D eigenvalue weighted by molar-refractivity contribution is 5.70. The Balaban J connectivity index is 1.66. The van der Waals surface area contributed by atoms with Crippen molar-refractivity contribution < 1.29 is 14.3 Å². The molecule has 0 aromatic heterocycles. The van der Waals surface area contributed by atoms with E-state index in [4.69, 9.17) is 9.47 Å². The van der Waals surface area contributed by atoms with Crippen LogP contribution in [0.25, 0.3) is 0 Å². The molecular formula is C16H17NO3. The van der Waals surface area contributed by atoms with Gasteiger partial charge >= 0.3 is 6.09 Å². The lowest BCUT2D eigenvalue weighted by Gasteiger charge is -2.08. The number of ether oxygens (including phenoxy) is 2. The molecule has 1 N–H and O–H groups in total. The molecule has 0 aliphatic rings. The molecular weight excluding hydrogens is 254 g/mol. The molecule has 104 valence electrons. The molecule has 0 spiro atoms. The van der Waals surface area contributed by atoms with E-state index in [-0.39, 0.29) is 0 Å². The monoisotopic (exact) mass is 271 g/mol. The number of carbonyl (C=O) groups is 1. The van der Waals surface area contributed by atoms with Crippen molar-refractivity contribution >= 4 is 6.09 Å². The number of carbonyl (C=O) groups excluding carboxylic acids is 1. The third-order valence-corrected chi connectivity index (χ3v) is 2.61. The number of aryl methyl sites for hydroxylation is 1. The maximum atomic E-state index is 11.5. The van der Waals surface area contributed by atoms with Crippen molar-refractivity contribution in [3.63, 3.8) is 0 Å². The summed E-state index contributed by atoms with van der Waals surface area (Å²) in [6.07, 6.45) is -0.483. The van der Waals surface area contributed by atoms with Crippen LogP contribution >= 0.6 is 0 Å². The minimum atomic E-state index is -0.483. The second-order valence-corrected chi connectivity index (χ2v) is 4.29. The number of benzene rings is 2. The van der Waals surface area contributed by atoms with Gasteiger partial charge in [0.1, 0.15) is 18.1 Å². The summed E-state index contributed by atoms with van der Waals surface area (Å²) in [7, 11) is 0. The Bertz CT molecular complexity index is 537. The zero-order valence-corrected chi connectivity index (χ0v) is 11.3. The van der Waals surface area contributed by atoms with E-state index >= 15 is 0 Å². The van der Waals surface area contributed by atoms with Gasteiger partial charge < -0.3 is 14.8 Å². The van der Waals surface area contributed by atoms with Crippen molar-refractivity contribution in [1.29, 1.82) is 0 Å². The predicted molar refractivity (Wildman–Crippen MR) is 77.1 cm³/mol. The number of amides is 1. The molecule has 0 radical (unpaired) electrons. The quantitative estimate of drug-likeness (QED) is 0.850. The standard InChI is InChI=1S/C16H17NO3/c1-13-7-9-14(10-8-13)19-12-11-17-16(18)20-15-5-3-2-4-6-15/h2-10H,11-12H2,1H3,(H,17,18). The van der Waals surface area contributed by atoms with Crippen LogP contribution in [0.2, 0.25) is 0 Å². The van der Waals surface area contributed by atoms with Crippen LogP contribution in [-0.2, 0) is 0 Å². The topological polar surface area (TPSA) is 47.6 Å². The molecule has 1 amide bonds. The summed E-state index contributed by atoms with van der Waals surface area (Å²) >= 11 is 0. The molecule has 0 bridgehead atoms. The van der Waals surface area contributed by atoms with E-state index < -0.39 is 6.09 Å². The molecule has 0 saturated carbocycles. The Labute approximate surface area is 118 Å². The molecule has 0 unspecified atom stereocenters. The SMILES string of the molecule is Cc1ccc(OCCNC(=O)Oc2ccccc2)cc1. The van der Waals surface area contributed by atoms with Crippen LogP contribution in [0.5, 0.6) is 11.5 Å². The summed E-state index contributed by atoms with van der Waals surface area (Å²) in [5, 5.41) is 2.63. The van der Waals surface area contributed by atoms with Gasteiger partial charge in [0.05, 0.1) is 6.54 Å². The molecule has 0 atom stereocenters. The van der Waals surface area contributed by atoms with Gasteiger partial charge in [0.2, 0.25) is 0 Å². The van der Waals surface area contributed by atoms with Crippen LogP contribution < -0.4 is 14.8 Å². The Morgan fingerprint density at radius 1 is 1.00 bits per heavy atom. The molecule has 2 aromatic rings. The second-order valence-electron chi connectivity index (χ2n) is 4.29. The number of hydrogen-bond donors (Lipinski definition) is 1. The van der Waals surface area contributed by atoms with Crippen LogP contribution in [0.1, 0.15) is 5.56 Å². The lowest BCUT2D eigenvalue weighted by molar-refractivity contribution is 0.197. The van der Waals surface area contributed by atoms with Crippen LogP contribution in [0.15, 0.2) is 54.6 Å².